The first-order chi connectivity index (χ1) is 11.4. The molecule has 1 heterocycles. The molecule has 0 bridgehead atoms. The Morgan fingerprint density at radius 3 is 2.58 bits per heavy atom. The molecule has 7 heteroatoms. The Hall–Kier alpha value is -2.67. The van der Waals surface area contributed by atoms with Crippen molar-refractivity contribution in [3.63, 3.8) is 0 Å². The maximum absolute atomic E-state index is 12.4. The number of nitrogens with one attached hydrogen (secondary N) is 2. The highest BCUT2D eigenvalue weighted by molar-refractivity contribution is 7.16. The highest BCUT2D eigenvalue weighted by atomic mass is 32.1. The van der Waals surface area contributed by atoms with Crippen LogP contribution in [0.1, 0.15) is 39.4 Å². The van der Waals surface area contributed by atoms with E-state index >= 15 is 0 Å². The zero-order valence-electron chi connectivity index (χ0n) is 13.6. The van der Waals surface area contributed by atoms with E-state index < -0.39 is 5.97 Å². The first-order valence-electron chi connectivity index (χ1n) is 7.37. The minimum Gasteiger partial charge on any atom is -0.462 e. The zero-order chi connectivity index (χ0) is 17.7. The van der Waals surface area contributed by atoms with Crippen molar-refractivity contribution < 1.29 is 19.1 Å². The molecule has 1 aromatic carbocycles. The third-order valence-electron chi connectivity index (χ3n) is 3.02. The van der Waals surface area contributed by atoms with Gasteiger partial charge in [-0.15, -0.1) is 11.3 Å². The van der Waals surface area contributed by atoms with Crippen LogP contribution in [-0.4, -0.2) is 24.4 Å². The summed E-state index contributed by atoms with van der Waals surface area (Å²) in [5.41, 5.74) is 1.25. The van der Waals surface area contributed by atoms with Gasteiger partial charge in [-0.05, 0) is 38.1 Å². The monoisotopic (exact) mass is 346 g/mol. The molecule has 0 atom stereocenters. The Kier molecular flexibility index (Phi) is 5.70. The number of benzene rings is 1. The molecule has 1 aromatic heterocycles. The van der Waals surface area contributed by atoms with Gasteiger partial charge in [0.2, 0.25) is 5.91 Å². The maximum Gasteiger partial charge on any atom is 0.341 e. The summed E-state index contributed by atoms with van der Waals surface area (Å²) in [5, 5.41) is 5.80. The van der Waals surface area contributed by atoms with Crippen LogP contribution in [0.2, 0.25) is 0 Å². The van der Waals surface area contributed by atoms with Gasteiger partial charge in [0.1, 0.15) is 5.00 Å². The van der Waals surface area contributed by atoms with Gasteiger partial charge in [-0.1, -0.05) is 6.07 Å². The van der Waals surface area contributed by atoms with Crippen LogP contribution < -0.4 is 10.6 Å². The van der Waals surface area contributed by atoms with Crippen LogP contribution in [0.25, 0.3) is 0 Å². The second-order valence-electron chi connectivity index (χ2n) is 5.04. The Morgan fingerprint density at radius 1 is 1.17 bits per heavy atom. The summed E-state index contributed by atoms with van der Waals surface area (Å²) in [5.74, 6) is -1.05. The molecule has 0 aliphatic carbocycles. The van der Waals surface area contributed by atoms with Crippen LogP contribution in [-0.2, 0) is 9.53 Å². The second kappa shape index (κ2) is 7.74. The number of thiophene rings is 1. The third-order valence-corrected chi connectivity index (χ3v) is 3.99. The van der Waals surface area contributed by atoms with Crippen LogP contribution >= 0.6 is 11.3 Å². The van der Waals surface area contributed by atoms with E-state index in [0.29, 0.717) is 21.8 Å². The van der Waals surface area contributed by atoms with Crippen molar-refractivity contribution in [2.24, 2.45) is 0 Å². The lowest BCUT2D eigenvalue weighted by molar-refractivity contribution is -0.114. The standard InChI is InChI=1S/C17H18N2O4S/c1-4-23-17(22)14-8-10(2)24-16(14)19-15(21)12-6-5-7-13(9-12)18-11(3)20/h5-9H,4H2,1-3H3,(H,18,20)(H,19,21). The fourth-order valence-corrected chi connectivity index (χ4v) is 2.98. The van der Waals surface area contributed by atoms with Gasteiger partial charge in [-0.2, -0.15) is 0 Å². The first-order valence-corrected chi connectivity index (χ1v) is 8.19. The molecular formula is C17H18N2O4S. The van der Waals surface area contributed by atoms with Gasteiger partial charge in [-0.3, -0.25) is 9.59 Å². The van der Waals surface area contributed by atoms with Gasteiger partial charge in [0.05, 0.1) is 12.2 Å². The van der Waals surface area contributed by atoms with E-state index in [9.17, 15) is 14.4 Å². The van der Waals surface area contributed by atoms with Gasteiger partial charge in [0, 0.05) is 23.1 Å². The first kappa shape index (κ1) is 17.7. The van der Waals surface area contributed by atoms with Crippen molar-refractivity contribution in [1.82, 2.24) is 0 Å². The predicted molar refractivity (Wildman–Crippen MR) is 93.7 cm³/mol. The van der Waals surface area contributed by atoms with E-state index in [-0.39, 0.29) is 18.4 Å². The minimum atomic E-state index is -0.468. The zero-order valence-corrected chi connectivity index (χ0v) is 14.5. The number of carbonyl (C=O) groups is 3. The molecule has 0 aliphatic rings. The van der Waals surface area contributed by atoms with Crippen LogP contribution in [0.4, 0.5) is 10.7 Å². The smallest absolute Gasteiger partial charge is 0.341 e. The average Bonchev–Trinajstić information content (AvgIpc) is 2.87. The Labute approximate surface area is 143 Å². The fraction of sp³-hybridized carbons (Fsp3) is 0.235. The Bertz CT molecular complexity index is 783. The lowest BCUT2D eigenvalue weighted by Crippen LogP contribution is -2.15. The van der Waals surface area contributed by atoms with E-state index in [4.69, 9.17) is 4.74 Å². The molecule has 2 N–H and O–H groups in total. The maximum atomic E-state index is 12.4. The Balaban J connectivity index is 2.21. The normalized spacial score (nSPS) is 10.1. The van der Waals surface area contributed by atoms with Crippen molar-refractivity contribution in [2.75, 3.05) is 17.2 Å². The number of carbonyl (C=O) groups excluding carboxylic acids is 3. The molecule has 0 saturated heterocycles. The van der Waals surface area contributed by atoms with Crippen LogP contribution in [0.15, 0.2) is 30.3 Å². The quantitative estimate of drug-likeness (QED) is 0.812. The van der Waals surface area contributed by atoms with E-state index in [0.717, 1.165) is 4.88 Å². The number of rotatable bonds is 5. The SMILES string of the molecule is CCOC(=O)c1cc(C)sc1NC(=O)c1cccc(NC(C)=O)c1. The highest BCUT2D eigenvalue weighted by Crippen LogP contribution is 2.29. The largest absolute Gasteiger partial charge is 0.462 e. The minimum absolute atomic E-state index is 0.217. The molecule has 0 spiro atoms. The van der Waals surface area contributed by atoms with E-state index in [1.165, 1.54) is 18.3 Å². The van der Waals surface area contributed by atoms with Gasteiger partial charge in [-0.25, -0.2) is 4.79 Å². The average molecular weight is 346 g/mol. The molecule has 126 valence electrons. The number of hydrogen-bond donors (Lipinski definition) is 2. The van der Waals surface area contributed by atoms with Crippen molar-refractivity contribution in [2.45, 2.75) is 20.8 Å². The van der Waals surface area contributed by atoms with E-state index in [1.54, 1.807) is 37.3 Å². The highest BCUT2D eigenvalue weighted by Gasteiger charge is 2.18. The van der Waals surface area contributed by atoms with Gasteiger partial charge < -0.3 is 15.4 Å². The van der Waals surface area contributed by atoms with Crippen molar-refractivity contribution in [1.29, 1.82) is 0 Å². The lowest BCUT2D eigenvalue weighted by atomic mass is 10.2. The van der Waals surface area contributed by atoms with Crippen LogP contribution in [0.3, 0.4) is 0 Å². The van der Waals surface area contributed by atoms with E-state index in [1.807, 2.05) is 6.92 Å². The molecule has 2 rings (SSSR count). The summed E-state index contributed by atoms with van der Waals surface area (Å²) in [7, 11) is 0. The molecule has 2 aromatic rings. The number of hydrogen-bond acceptors (Lipinski definition) is 5. The summed E-state index contributed by atoms with van der Waals surface area (Å²) in [4.78, 5) is 36.4. The molecule has 0 unspecified atom stereocenters. The van der Waals surface area contributed by atoms with Gasteiger partial charge in [0.25, 0.3) is 5.91 Å². The molecule has 0 radical (unpaired) electrons. The lowest BCUT2D eigenvalue weighted by Gasteiger charge is -2.08. The Morgan fingerprint density at radius 2 is 1.92 bits per heavy atom. The summed E-state index contributed by atoms with van der Waals surface area (Å²) in [6.07, 6.45) is 0. The van der Waals surface area contributed by atoms with Crippen LogP contribution in [0, 0.1) is 6.92 Å². The van der Waals surface area contributed by atoms with Gasteiger partial charge >= 0.3 is 5.97 Å². The molecular weight excluding hydrogens is 328 g/mol. The number of esters is 1. The van der Waals surface area contributed by atoms with E-state index in [2.05, 4.69) is 10.6 Å². The van der Waals surface area contributed by atoms with Gasteiger partial charge in [0.15, 0.2) is 0 Å². The number of anilines is 2. The molecule has 24 heavy (non-hydrogen) atoms. The molecule has 2 amide bonds. The van der Waals surface area contributed by atoms with Crippen molar-refractivity contribution >= 4 is 39.8 Å². The summed E-state index contributed by atoms with van der Waals surface area (Å²) in [6.45, 7) is 5.23. The molecule has 0 aliphatic heterocycles. The molecule has 0 saturated carbocycles. The summed E-state index contributed by atoms with van der Waals surface area (Å²) < 4.78 is 5.00. The molecule has 6 nitrogen and oxygen atoms in total. The summed E-state index contributed by atoms with van der Waals surface area (Å²) >= 11 is 1.30. The number of amides is 2. The summed E-state index contributed by atoms with van der Waals surface area (Å²) in [6, 6.07) is 8.25. The topological polar surface area (TPSA) is 84.5 Å². The predicted octanol–water partition coefficient (Wildman–Crippen LogP) is 3.44. The number of ether oxygens (including phenoxy) is 1. The van der Waals surface area contributed by atoms with Crippen molar-refractivity contribution in [3.05, 3.63) is 46.3 Å². The number of aryl methyl sites for hydroxylation is 1. The third kappa shape index (κ3) is 4.42. The fourth-order valence-electron chi connectivity index (χ4n) is 2.08. The molecule has 0 fully saturated rings. The van der Waals surface area contributed by atoms with Crippen LogP contribution in [0.5, 0.6) is 0 Å². The second-order valence-corrected chi connectivity index (χ2v) is 6.29. The van der Waals surface area contributed by atoms with Crippen molar-refractivity contribution in [3.8, 4) is 0 Å².